The maximum Gasteiger partial charge on any atom is 0.254 e. The van der Waals surface area contributed by atoms with Crippen molar-refractivity contribution in [3.63, 3.8) is 0 Å². The molecule has 10 heteroatoms. The van der Waals surface area contributed by atoms with Crippen LogP contribution in [0.5, 0.6) is 0 Å². The number of fused-ring (bicyclic) bond motifs is 2. The minimum Gasteiger partial charge on any atom is -0.390 e. The van der Waals surface area contributed by atoms with Gasteiger partial charge in [-0.15, -0.1) is 5.53 Å². The highest BCUT2D eigenvalue weighted by Gasteiger charge is 2.36. The first-order valence-electron chi connectivity index (χ1n) is 12.8. The number of aryl methyl sites for hydroxylation is 2. The van der Waals surface area contributed by atoms with Crippen molar-refractivity contribution in [3.05, 3.63) is 70.5 Å². The van der Waals surface area contributed by atoms with E-state index in [4.69, 9.17) is 4.98 Å². The predicted molar refractivity (Wildman–Crippen MR) is 142 cm³/mol. The molecule has 5 N–H and O–H groups in total. The number of likely N-dealkylation sites (tertiary alicyclic amines) is 1. The number of amides is 1. The van der Waals surface area contributed by atoms with Gasteiger partial charge in [-0.05, 0) is 61.7 Å². The molecule has 3 aliphatic rings. The lowest BCUT2D eigenvalue weighted by Gasteiger charge is -2.43. The number of aliphatic hydroxyl groups excluding tert-OH is 1. The summed E-state index contributed by atoms with van der Waals surface area (Å²) in [5.41, 5.74) is 16.7. The number of rotatable bonds is 4. The van der Waals surface area contributed by atoms with Gasteiger partial charge in [0.1, 0.15) is 0 Å². The van der Waals surface area contributed by atoms with E-state index in [-0.39, 0.29) is 11.9 Å². The predicted octanol–water partition coefficient (Wildman–Crippen LogP) is 2.73. The number of piperidine rings is 1. The van der Waals surface area contributed by atoms with E-state index < -0.39 is 6.10 Å². The standard InChI is InChI=1S/C27H32N8O2/c1-16-9-17(2)11-20(10-16)29-27-28-13-19-14-34(7-5-21(19)30-27)24-6-8-35(15-25(24)36)26(37)18-3-4-22-23(12-18)32-33-31-22/h3-4,9-13,24-25,31-33,36H,5-8,14-15H2,1-2H3,(H,28,29,30). The molecule has 0 spiro atoms. The van der Waals surface area contributed by atoms with Gasteiger partial charge in [-0.3, -0.25) is 9.69 Å². The Hall–Kier alpha value is -3.73. The first-order valence-corrected chi connectivity index (χ1v) is 12.8. The van der Waals surface area contributed by atoms with Crippen LogP contribution in [0.25, 0.3) is 0 Å². The highest BCUT2D eigenvalue weighted by Crippen LogP contribution is 2.28. The molecule has 1 saturated heterocycles. The van der Waals surface area contributed by atoms with E-state index in [2.05, 4.69) is 63.6 Å². The average Bonchev–Trinajstić information content (AvgIpc) is 3.35. The molecule has 10 nitrogen and oxygen atoms in total. The molecule has 37 heavy (non-hydrogen) atoms. The van der Waals surface area contributed by atoms with Gasteiger partial charge in [-0.25, -0.2) is 9.97 Å². The molecule has 4 heterocycles. The van der Waals surface area contributed by atoms with E-state index in [0.717, 1.165) is 47.7 Å². The SMILES string of the molecule is Cc1cc(C)cc(Nc2ncc3c(n2)CCN(C2CCN(C(=O)c4ccc5c(c4)NNN5)CC2O)C3)c1. The fourth-order valence-corrected chi connectivity index (χ4v) is 5.63. The van der Waals surface area contributed by atoms with E-state index in [9.17, 15) is 9.90 Å². The molecule has 2 atom stereocenters. The van der Waals surface area contributed by atoms with E-state index in [1.165, 1.54) is 11.1 Å². The Labute approximate surface area is 216 Å². The van der Waals surface area contributed by atoms with Crippen molar-refractivity contribution in [1.29, 1.82) is 0 Å². The van der Waals surface area contributed by atoms with Gasteiger partial charge in [-0.2, -0.15) is 0 Å². The third-order valence-corrected chi connectivity index (χ3v) is 7.40. The summed E-state index contributed by atoms with van der Waals surface area (Å²) in [7, 11) is 0. The smallest absolute Gasteiger partial charge is 0.254 e. The molecule has 192 valence electrons. The zero-order chi connectivity index (χ0) is 25.5. The molecular weight excluding hydrogens is 468 g/mol. The van der Waals surface area contributed by atoms with Gasteiger partial charge in [0, 0.05) is 61.7 Å². The number of hydrogen-bond donors (Lipinski definition) is 5. The van der Waals surface area contributed by atoms with Crippen LogP contribution in [0.4, 0.5) is 23.0 Å². The number of carbonyl (C=O) groups excluding carboxylic acids is 1. The Bertz CT molecular complexity index is 1330. The van der Waals surface area contributed by atoms with Gasteiger partial charge >= 0.3 is 0 Å². The van der Waals surface area contributed by atoms with E-state index in [0.29, 0.717) is 31.1 Å². The highest BCUT2D eigenvalue weighted by atomic mass is 16.3. The number of carbonyl (C=O) groups is 1. The number of β-amino-alcohol motifs (C(OH)–C–C–N with tert-alkyl or cyclic N) is 1. The summed E-state index contributed by atoms with van der Waals surface area (Å²) in [6.45, 7) is 6.61. The van der Waals surface area contributed by atoms with Gasteiger partial charge in [0.25, 0.3) is 5.91 Å². The Morgan fingerprint density at radius 2 is 1.89 bits per heavy atom. The van der Waals surface area contributed by atoms with Crippen LogP contribution >= 0.6 is 0 Å². The Morgan fingerprint density at radius 1 is 1.08 bits per heavy atom. The van der Waals surface area contributed by atoms with Crippen LogP contribution in [0, 0.1) is 13.8 Å². The summed E-state index contributed by atoms with van der Waals surface area (Å²) in [4.78, 5) is 26.5. The molecular formula is C27H32N8O2. The summed E-state index contributed by atoms with van der Waals surface area (Å²) in [5.74, 6) is 0.549. The van der Waals surface area contributed by atoms with Crippen molar-refractivity contribution < 1.29 is 9.90 Å². The minimum atomic E-state index is -0.610. The normalized spacial score (nSPS) is 21.0. The molecule has 0 bridgehead atoms. The number of hydrazine groups is 2. The Morgan fingerprint density at radius 3 is 2.70 bits per heavy atom. The maximum atomic E-state index is 13.1. The molecule has 0 radical (unpaired) electrons. The molecule has 1 aromatic heterocycles. The summed E-state index contributed by atoms with van der Waals surface area (Å²) in [6.07, 6.45) is 2.81. The monoisotopic (exact) mass is 500 g/mol. The van der Waals surface area contributed by atoms with Gasteiger partial charge in [0.2, 0.25) is 5.95 Å². The number of aliphatic hydroxyl groups is 1. The number of anilines is 4. The largest absolute Gasteiger partial charge is 0.390 e. The molecule has 1 amide bonds. The van der Waals surface area contributed by atoms with Gasteiger partial charge in [0.05, 0.1) is 23.2 Å². The molecule has 3 aromatic rings. The first kappa shape index (κ1) is 23.7. The molecule has 2 unspecified atom stereocenters. The fraction of sp³-hybridized carbons (Fsp3) is 0.370. The summed E-state index contributed by atoms with van der Waals surface area (Å²) in [5, 5.41) is 14.4. The van der Waals surface area contributed by atoms with Crippen LogP contribution in [-0.4, -0.2) is 62.6 Å². The molecule has 0 aliphatic carbocycles. The van der Waals surface area contributed by atoms with Crippen LogP contribution in [0.1, 0.15) is 39.2 Å². The summed E-state index contributed by atoms with van der Waals surface area (Å²) in [6, 6.07) is 11.8. The van der Waals surface area contributed by atoms with Crippen LogP contribution in [-0.2, 0) is 13.0 Å². The second-order valence-corrected chi connectivity index (χ2v) is 10.2. The molecule has 6 rings (SSSR count). The highest BCUT2D eigenvalue weighted by molar-refractivity contribution is 5.96. The van der Waals surface area contributed by atoms with E-state index in [1.807, 2.05) is 24.4 Å². The lowest BCUT2D eigenvalue weighted by molar-refractivity contribution is -0.0139. The number of nitrogens with one attached hydrogen (secondary N) is 4. The van der Waals surface area contributed by atoms with Crippen molar-refractivity contribution in [2.75, 3.05) is 35.8 Å². The van der Waals surface area contributed by atoms with Crippen LogP contribution in [0.2, 0.25) is 0 Å². The Balaban J connectivity index is 1.09. The number of hydrogen-bond acceptors (Lipinski definition) is 9. The molecule has 3 aliphatic heterocycles. The first-order chi connectivity index (χ1) is 17.9. The number of benzene rings is 2. The molecule has 0 saturated carbocycles. The fourth-order valence-electron chi connectivity index (χ4n) is 5.63. The van der Waals surface area contributed by atoms with Crippen LogP contribution in [0.3, 0.4) is 0 Å². The molecule has 1 fully saturated rings. The van der Waals surface area contributed by atoms with Gasteiger partial charge < -0.3 is 26.2 Å². The zero-order valence-electron chi connectivity index (χ0n) is 21.1. The van der Waals surface area contributed by atoms with E-state index in [1.54, 1.807) is 4.90 Å². The summed E-state index contributed by atoms with van der Waals surface area (Å²) < 4.78 is 0. The minimum absolute atomic E-state index is 0.000331. The van der Waals surface area contributed by atoms with Crippen molar-refractivity contribution >= 4 is 28.9 Å². The topological polar surface area (TPSA) is 118 Å². The van der Waals surface area contributed by atoms with Gasteiger partial charge in [-0.1, -0.05) is 6.07 Å². The quantitative estimate of drug-likeness (QED) is 0.369. The summed E-state index contributed by atoms with van der Waals surface area (Å²) >= 11 is 0. The third-order valence-electron chi connectivity index (χ3n) is 7.40. The Kier molecular flexibility index (Phi) is 6.15. The second-order valence-electron chi connectivity index (χ2n) is 10.2. The number of aromatic nitrogens is 2. The number of nitrogens with zero attached hydrogens (tertiary/aromatic N) is 4. The van der Waals surface area contributed by atoms with Crippen LogP contribution < -0.4 is 21.7 Å². The second kappa shape index (κ2) is 9.62. The zero-order valence-corrected chi connectivity index (χ0v) is 21.1. The van der Waals surface area contributed by atoms with Crippen LogP contribution in [0.15, 0.2) is 42.6 Å². The van der Waals surface area contributed by atoms with Crippen molar-refractivity contribution in [3.8, 4) is 0 Å². The van der Waals surface area contributed by atoms with Crippen molar-refractivity contribution in [1.82, 2.24) is 25.3 Å². The lowest BCUT2D eigenvalue weighted by Crippen LogP contribution is -2.56. The van der Waals surface area contributed by atoms with Crippen molar-refractivity contribution in [2.24, 2.45) is 0 Å². The maximum absolute atomic E-state index is 13.1. The lowest BCUT2D eigenvalue weighted by atomic mass is 9.96. The van der Waals surface area contributed by atoms with Crippen molar-refractivity contribution in [2.45, 2.75) is 45.4 Å². The molecule has 2 aromatic carbocycles. The van der Waals surface area contributed by atoms with E-state index >= 15 is 0 Å². The van der Waals surface area contributed by atoms with Gasteiger partial charge in [0.15, 0.2) is 0 Å². The average molecular weight is 501 g/mol. The third kappa shape index (κ3) is 4.83.